The summed E-state index contributed by atoms with van der Waals surface area (Å²) in [6.45, 7) is 3.02. The van der Waals surface area contributed by atoms with Gasteiger partial charge in [0.25, 0.3) is 5.91 Å². The number of thiazole rings is 1. The number of hydrogen-bond donors (Lipinski definition) is 3. The molecule has 0 radical (unpaired) electrons. The summed E-state index contributed by atoms with van der Waals surface area (Å²) in [7, 11) is 3.23. The van der Waals surface area contributed by atoms with E-state index >= 15 is 0 Å². The van der Waals surface area contributed by atoms with Gasteiger partial charge in [-0.25, -0.2) is 4.98 Å². The van der Waals surface area contributed by atoms with Crippen molar-refractivity contribution in [1.29, 1.82) is 0 Å². The first-order chi connectivity index (χ1) is 8.95. The zero-order valence-corrected chi connectivity index (χ0v) is 12.2. The highest BCUT2D eigenvalue weighted by atomic mass is 32.1. The summed E-state index contributed by atoms with van der Waals surface area (Å²) >= 11 is 1.20. The second-order valence-corrected chi connectivity index (χ2v) is 5.19. The molecule has 0 aliphatic rings. The third-order valence-electron chi connectivity index (χ3n) is 2.31. The predicted molar refractivity (Wildman–Crippen MR) is 75.5 cm³/mol. The van der Waals surface area contributed by atoms with E-state index < -0.39 is 6.10 Å². The number of likely N-dealkylation sites (N-methyl/N-ethyl adjacent to an activating group) is 1. The number of aliphatic hydroxyl groups is 1. The number of amides is 1. The molecule has 1 amide bonds. The number of carbonyl (C=O) groups excluding carboxylic acids is 1. The van der Waals surface area contributed by atoms with Crippen LogP contribution in [0.4, 0.5) is 10.9 Å². The molecule has 1 unspecified atom stereocenters. The number of hydrogen-bond acceptors (Lipinski definition) is 7. The Kier molecular flexibility index (Phi) is 6.00. The quantitative estimate of drug-likeness (QED) is 0.621. The number of aromatic nitrogens is 1. The van der Waals surface area contributed by atoms with Crippen LogP contribution in [0.2, 0.25) is 0 Å². The number of anilines is 2. The van der Waals surface area contributed by atoms with Gasteiger partial charge in [0.15, 0.2) is 5.13 Å². The molecule has 1 heterocycles. The van der Waals surface area contributed by atoms with Gasteiger partial charge in [-0.2, -0.15) is 0 Å². The topological polar surface area (TPSA) is 101 Å². The number of methoxy groups -OCH3 is 1. The molecular formula is C11H20N4O3S. The minimum atomic E-state index is -0.581. The molecule has 0 aliphatic heterocycles. The van der Waals surface area contributed by atoms with Gasteiger partial charge >= 0.3 is 0 Å². The van der Waals surface area contributed by atoms with Crippen LogP contribution in [0.25, 0.3) is 0 Å². The third kappa shape index (κ3) is 4.66. The number of nitrogens with two attached hydrogens (primary N) is 1. The average molecular weight is 288 g/mol. The fourth-order valence-corrected chi connectivity index (χ4v) is 2.38. The van der Waals surface area contributed by atoms with Crippen molar-refractivity contribution in [2.45, 2.75) is 13.0 Å². The average Bonchev–Trinajstić information content (AvgIpc) is 2.69. The largest absolute Gasteiger partial charge is 0.392 e. The number of ether oxygens (including phenoxy) is 1. The zero-order chi connectivity index (χ0) is 14.4. The number of rotatable bonds is 7. The van der Waals surface area contributed by atoms with Crippen molar-refractivity contribution in [2.24, 2.45) is 0 Å². The Morgan fingerprint density at radius 1 is 1.68 bits per heavy atom. The lowest BCUT2D eigenvalue weighted by atomic mass is 10.3. The summed E-state index contributed by atoms with van der Waals surface area (Å²) in [5.41, 5.74) is 5.73. The van der Waals surface area contributed by atoms with Gasteiger partial charge in [0.2, 0.25) is 0 Å². The minimum Gasteiger partial charge on any atom is -0.392 e. The molecule has 0 spiro atoms. The van der Waals surface area contributed by atoms with Crippen LogP contribution in [0.3, 0.4) is 0 Å². The third-order valence-corrected chi connectivity index (χ3v) is 3.33. The van der Waals surface area contributed by atoms with Crippen LogP contribution in [0.1, 0.15) is 16.6 Å². The Balaban J connectivity index is 2.69. The summed E-state index contributed by atoms with van der Waals surface area (Å²) in [5, 5.41) is 12.9. The maximum atomic E-state index is 12.1. The van der Waals surface area contributed by atoms with Crippen molar-refractivity contribution < 1.29 is 14.6 Å². The van der Waals surface area contributed by atoms with Crippen molar-refractivity contribution in [3.63, 3.8) is 0 Å². The van der Waals surface area contributed by atoms with E-state index in [-0.39, 0.29) is 18.3 Å². The summed E-state index contributed by atoms with van der Waals surface area (Å²) in [4.78, 5) is 18.0. The van der Waals surface area contributed by atoms with Gasteiger partial charge in [-0.05, 0) is 6.92 Å². The van der Waals surface area contributed by atoms with Crippen molar-refractivity contribution in [3.05, 3.63) is 4.88 Å². The second-order valence-electron chi connectivity index (χ2n) is 4.19. The van der Waals surface area contributed by atoms with E-state index in [2.05, 4.69) is 10.3 Å². The van der Waals surface area contributed by atoms with E-state index in [1.807, 2.05) is 0 Å². The number of aliphatic hydroxyl groups excluding tert-OH is 1. The van der Waals surface area contributed by atoms with E-state index in [4.69, 9.17) is 10.5 Å². The molecule has 0 aromatic carbocycles. The van der Waals surface area contributed by atoms with Crippen molar-refractivity contribution in [2.75, 3.05) is 44.9 Å². The van der Waals surface area contributed by atoms with E-state index in [1.54, 1.807) is 21.1 Å². The van der Waals surface area contributed by atoms with Crippen LogP contribution < -0.4 is 11.1 Å². The monoisotopic (exact) mass is 288 g/mol. The standard InChI is InChI=1S/C11H20N4O3S/c1-7(16)6-15(2)10(17)8-9(12)14-11(19-8)13-4-5-18-3/h7,16H,4-6,12H2,1-3H3,(H,13,14). The van der Waals surface area contributed by atoms with Crippen molar-refractivity contribution in [1.82, 2.24) is 9.88 Å². The number of nitrogens with one attached hydrogen (secondary N) is 1. The van der Waals surface area contributed by atoms with E-state index in [0.29, 0.717) is 23.2 Å². The van der Waals surface area contributed by atoms with E-state index in [0.717, 1.165) is 0 Å². The Morgan fingerprint density at radius 2 is 2.37 bits per heavy atom. The molecule has 19 heavy (non-hydrogen) atoms. The SMILES string of the molecule is COCCNc1nc(N)c(C(=O)N(C)CC(C)O)s1. The molecular weight excluding hydrogens is 268 g/mol. The summed E-state index contributed by atoms with van der Waals surface area (Å²) in [6.07, 6.45) is -0.581. The Labute approximate surface area is 116 Å². The number of nitrogens with zero attached hydrogens (tertiary/aromatic N) is 2. The first-order valence-electron chi connectivity index (χ1n) is 5.88. The summed E-state index contributed by atoms with van der Waals surface area (Å²) < 4.78 is 4.91. The normalized spacial score (nSPS) is 12.2. The fraction of sp³-hybridized carbons (Fsp3) is 0.636. The summed E-state index contributed by atoms with van der Waals surface area (Å²) in [6, 6.07) is 0. The van der Waals surface area contributed by atoms with Gasteiger partial charge in [-0.3, -0.25) is 4.79 Å². The van der Waals surface area contributed by atoms with Crippen LogP contribution in [0, 0.1) is 0 Å². The minimum absolute atomic E-state index is 0.201. The number of carbonyl (C=O) groups is 1. The number of nitrogen functional groups attached to an aromatic ring is 1. The zero-order valence-electron chi connectivity index (χ0n) is 11.3. The molecule has 0 saturated carbocycles. The molecule has 7 nitrogen and oxygen atoms in total. The van der Waals surface area contributed by atoms with Gasteiger partial charge < -0.3 is 25.8 Å². The highest BCUT2D eigenvalue weighted by molar-refractivity contribution is 7.18. The smallest absolute Gasteiger partial charge is 0.267 e. The van der Waals surface area contributed by atoms with Gasteiger partial charge in [-0.15, -0.1) is 0 Å². The van der Waals surface area contributed by atoms with Gasteiger partial charge in [0.1, 0.15) is 10.7 Å². The molecule has 0 aliphatic carbocycles. The molecule has 8 heteroatoms. The summed E-state index contributed by atoms with van der Waals surface area (Å²) in [5.74, 6) is -0.0388. The molecule has 0 saturated heterocycles. The van der Waals surface area contributed by atoms with Gasteiger partial charge in [0.05, 0.1) is 12.7 Å². The molecule has 0 bridgehead atoms. The predicted octanol–water partition coefficient (Wildman–Crippen LogP) is 0.236. The van der Waals surface area contributed by atoms with Gasteiger partial charge in [0, 0.05) is 27.2 Å². The molecule has 1 aromatic heterocycles. The van der Waals surface area contributed by atoms with Crippen LogP contribution in [0.5, 0.6) is 0 Å². The molecule has 1 atom stereocenters. The van der Waals surface area contributed by atoms with Crippen LogP contribution in [0.15, 0.2) is 0 Å². The Morgan fingerprint density at radius 3 is 2.95 bits per heavy atom. The van der Waals surface area contributed by atoms with Crippen LogP contribution in [-0.4, -0.2) is 60.9 Å². The molecule has 4 N–H and O–H groups in total. The van der Waals surface area contributed by atoms with Crippen molar-refractivity contribution >= 4 is 28.2 Å². The van der Waals surface area contributed by atoms with E-state index in [1.165, 1.54) is 16.2 Å². The highest BCUT2D eigenvalue weighted by Crippen LogP contribution is 2.25. The fourth-order valence-electron chi connectivity index (χ4n) is 1.47. The lowest BCUT2D eigenvalue weighted by molar-refractivity contribution is 0.0709. The maximum absolute atomic E-state index is 12.1. The van der Waals surface area contributed by atoms with Crippen molar-refractivity contribution in [3.8, 4) is 0 Å². The Bertz CT molecular complexity index is 422. The lowest BCUT2D eigenvalue weighted by Crippen LogP contribution is -2.32. The molecule has 1 aromatic rings. The first-order valence-corrected chi connectivity index (χ1v) is 6.70. The first kappa shape index (κ1) is 15.7. The Hall–Kier alpha value is -1.38. The highest BCUT2D eigenvalue weighted by Gasteiger charge is 2.20. The lowest BCUT2D eigenvalue weighted by Gasteiger charge is -2.17. The van der Waals surface area contributed by atoms with Crippen LogP contribution in [-0.2, 0) is 4.74 Å². The van der Waals surface area contributed by atoms with Gasteiger partial charge in [-0.1, -0.05) is 11.3 Å². The molecule has 0 fully saturated rings. The van der Waals surface area contributed by atoms with E-state index in [9.17, 15) is 9.90 Å². The molecule has 1 rings (SSSR count). The second kappa shape index (κ2) is 7.27. The molecule has 108 valence electrons. The van der Waals surface area contributed by atoms with Crippen LogP contribution >= 0.6 is 11.3 Å². The maximum Gasteiger partial charge on any atom is 0.267 e.